The summed E-state index contributed by atoms with van der Waals surface area (Å²) in [6, 6.07) is 2.09. The van der Waals surface area contributed by atoms with Crippen LogP contribution in [-0.4, -0.2) is 34.4 Å². The van der Waals surface area contributed by atoms with E-state index in [0.29, 0.717) is 13.0 Å². The number of hydrogen-bond acceptors (Lipinski definition) is 4. The lowest BCUT2D eigenvalue weighted by Crippen LogP contribution is -2.53. The van der Waals surface area contributed by atoms with E-state index in [1.165, 1.54) is 7.11 Å². The van der Waals surface area contributed by atoms with Crippen LogP contribution in [0.2, 0.25) is 0 Å². The Bertz CT molecular complexity index is 349. The molecule has 0 saturated heterocycles. The zero-order valence-electron chi connectivity index (χ0n) is 10.9. The van der Waals surface area contributed by atoms with E-state index in [-0.39, 0.29) is 12.0 Å². The van der Waals surface area contributed by atoms with Crippen LogP contribution >= 0.6 is 0 Å². The molecule has 1 heterocycles. The number of carbonyl (C=O) groups excluding carboxylic acids is 1. The standard InChI is InChI=1S/C12H21N3O2/c1-10(2)14-12(3,11(16)17-4)6-9-15-8-5-7-13-15/h5,7-8,10,14H,6,9H2,1-4H3. The van der Waals surface area contributed by atoms with Gasteiger partial charge in [-0.05, 0) is 33.3 Å². The van der Waals surface area contributed by atoms with Crippen molar-refractivity contribution in [1.82, 2.24) is 15.1 Å². The van der Waals surface area contributed by atoms with E-state index in [2.05, 4.69) is 10.4 Å². The van der Waals surface area contributed by atoms with Gasteiger partial charge < -0.3 is 4.74 Å². The van der Waals surface area contributed by atoms with Crippen molar-refractivity contribution in [3.05, 3.63) is 18.5 Å². The molecular weight excluding hydrogens is 218 g/mol. The zero-order valence-corrected chi connectivity index (χ0v) is 10.9. The van der Waals surface area contributed by atoms with Crippen LogP contribution in [0.4, 0.5) is 0 Å². The third-order valence-corrected chi connectivity index (χ3v) is 2.64. The largest absolute Gasteiger partial charge is 0.468 e. The van der Waals surface area contributed by atoms with Crippen LogP contribution in [0.5, 0.6) is 0 Å². The zero-order chi connectivity index (χ0) is 12.9. The number of nitrogens with one attached hydrogen (secondary N) is 1. The summed E-state index contributed by atoms with van der Waals surface area (Å²) in [5, 5.41) is 7.37. The molecule has 96 valence electrons. The smallest absolute Gasteiger partial charge is 0.325 e. The van der Waals surface area contributed by atoms with Gasteiger partial charge in [-0.3, -0.25) is 14.8 Å². The van der Waals surface area contributed by atoms with Crippen molar-refractivity contribution in [3.8, 4) is 0 Å². The van der Waals surface area contributed by atoms with E-state index in [9.17, 15) is 4.79 Å². The van der Waals surface area contributed by atoms with Gasteiger partial charge in [-0.1, -0.05) is 0 Å². The van der Waals surface area contributed by atoms with Crippen molar-refractivity contribution in [2.24, 2.45) is 0 Å². The minimum absolute atomic E-state index is 0.219. The monoisotopic (exact) mass is 239 g/mol. The predicted octanol–water partition coefficient (Wildman–Crippen LogP) is 1.20. The molecule has 0 saturated carbocycles. The Kier molecular flexibility index (Phi) is 4.69. The topological polar surface area (TPSA) is 56.2 Å². The summed E-state index contributed by atoms with van der Waals surface area (Å²) >= 11 is 0. The molecular formula is C12H21N3O2. The van der Waals surface area contributed by atoms with Crippen molar-refractivity contribution >= 4 is 5.97 Å². The molecule has 0 spiro atoms. The van der Waals surface area contributed by atoms with Crippen molar-refractivity contribution in [3.63, 3.8) is 0 Å². The fourth-order valence-corrected chi connectivity index (χ4v) is 1.87. The number of hydrogen-bond donors (Lipinski definition) is 1. The molecule has 1 unspecified atom stereocenters. The molecule has 1 rings (SSSR count). The molecule has 0 fully saturated rings. The highest BCUT2D eigenvalue weighted by molar-refractivity contribution is 5.80. The number of nitrogens with zero attached hydrogens (tertiary/aromatic N) is 2. The molecule has 0 bridgehead atoms. The lowest BCUT2D eigenvalue weighted by Gasteiger charge is -2.30. The first-order valence-corrected chi connectivity index (χ1v) is 5.81. The van der Waals surface area contributed by atoms with Crippen LogP contribution in [0.3, 0.4) is 0 Å². The van der Waals surface area contributed by atoms with Gasteiger partial charge in [0.25, 0.3) is 0 Å². The van der Waals surface area contributed by atoms with E-state index < -0.39 is 5.54 Å². The summed E-state index contributed by atoms with van der Waals surface area (Å²) in [4.78, 5) is 11.8. The summed E-state index contributed by atoms with van der Waals surface area (Å²) in [6.07, 6.45) is 4.25. The van der Waals surface area contributed by atoms with Crippen molar-refractivity contribution in [1.29, 1.82) is 0 Å². The fourth-order valence-electron chi connectivity index (χ4n) is 1.87. The van der Waals surface area contributed by atoms with Gasteiger partial charge in [0, 0.05) is 25.0 Å². The van der Waals surface area contributed by atoms with Crippen LogP contribution in [0.25, 0.3) is 0 Å². The molecule has 0 aliphatic carbocycles. The number of ether oxygens (including phenoxy) is 1. The molecule has 0 aliphatic heterocycles. The maximum absolute atomic E-state index is 11.8. The normalized spacial score (nSPS) is 14.6. The SMILES string of the molecule is COC(=O)C(C)(CCn1cccn1)NC(C)C. The molecule has 1 N–H and O–H groups in total. The lowest BCUT2D eigenvalue weighted by atomic mass is 9.97. The predicted molar refractivity (Wildman–Crippen MR) is 65.5 cm³/mol. The van der Waals surface area contributed by atoms with E-state index in [1.54, 1.807) is 6.20 Å². The molecule has 5 nitrogen and oxygen atoms in total. The molecule has 0 aliphatic rings. The van der Waals surface area contributed by atoms with Crippen LogP contribution in [0, 0.1) is 0 Å². The van der Waals surface area contributed by atoms with Gasteiger partial charge in [0.1, 0.15) is 5.54 Å². The Hall–Kier alpha value is -1.36. The summed E-state index contributed by atoms with van der Waals surface area (Å²) in [7, 11) is 1.41. The fraction of sp³-hybridized carbons (Fsp3) is 0.667. The van der Waals surface area contributed by atoms with Crippen LogP contribution in [0.1, 0.15) is 27.2 Å². The van der Waals surface area contributed by atoms with E-state index in [4.69, 9.17) is 4.74 Å². The number of aromatic nitrogens is 2. The first kappa shape index (κ1) is 13.7. The van der Waals surface area contributed by atoms with Gasteiger partial charge in [0.05, 0.1) is 7.11 Å². The highest BCUT2D eigenvalue weighted by Gasteiger charge is 2.34. The first-order valence-electron chi connectivity index (χ1n) is 5.81. The van der Waals surface area contributed by atoms with Gasteiger partial charge in [0.2, 0.25) is 0 Å². The Morgan fingerprint density at radius 1 is 1.59 bits per heavy atom. The molecule has 17 heavy (non-hydrogen) atoms. The third kappa shape index (κ3) is 3.85. The number of carbonyl (C=O) groups is 1. The summed E-state index contributed by atoms with van der Waals surface area (Å²) in [6.45, 7) is 6.56. The second-order valence-electron chi connectivity index (χ2n) is 4.64. The maximum Gasteiger partial charge on any atom is 0.325 e. The molecule has 0 amide bonds. The van der Waals surface area contributed by atoms with Crippen LogP contribution < -0.4 is 5.32 Å². The van der Waals surface area contributed by atoms with Gasteiger partial charge in [-0.25, -0.2) is 0 Å². The molecule has 5 heteroatoms. The van der Waals surface area contributed by atoms with Crippen molar-refractivity contribution in [2.75, 3.05) is 7.11 Å². The van der Waals surface area contributed by atoms with E-state index in [0.717, 1.165) is 0 Å². The van der Waals surface area contributed by atoms with Gasteiger partial charge in [-0.2, -0.15) is 5.10 Å². The quantitative estimate of drug-likeness (QED) is 0.758. The number of methoxy groups -OCH3 is 1. The highest BCUT2D eigenvalue weighted by Crippen LogP contribution is 2.14. The van der Waals surface area contributed by atoms with E-state index in [1.807, 2.05) is 37.7 Å². The Labute approximate surface area is 102 Å². The molecule has 1 aromatic rings. The van der Waals surface area contributed by atoms with Gasteiger partial charge in [-0.15, -0.1) is 0 Å². The van der Waals surface area contributed by atoms with Crippen LogP contribution in [-0.2, 0) is 16.1 Å². The van der Waals surface area contributed by atoms with Gasteiger partial charge in [0.15, 0.2) is 0 Å². The first-order chi connectivity index (χ1) is 7.98. The summed E-state index contributed by atoms with van der Waals surface area (Å²) < 4.78 is 6.66. The Balaban J connectivity index is 2.66. The third-order valence-electron chi connectivity index (χ3n) is 2.64. The highest BCUT2D eigenvalue weighted by atomic mass is 16.5. The van der Waals surface area contributed by atoms with Crippen molar-refractivity contribution in [2.45, 2.75) is 45.3 Å². The second-order valence-corrected chi connectivity index (χ2v) is 4.64. The number of aryl methyl sites for hydroxylation is 1. The molecule has 1 aromatic heterocycles. The minimum Gasteiger partial charge on any atom is -0.468 e. The molecule has 1 atom stereocenters. The Morgan fingerprint density at radius 2 is 2.29 bits per heavy atom. The second kappa shape index (κ2) is 5.82. The average molecular weight is 239 g/mol. The summed E-state index contributed by atoms with van der Waals surface area (Å²) in [5.41, 5.74) is -0.672. The molecule has 0 radical (unpaired) electrons. The maximum atomic E-state index is 11.8. The average Bonchev–Trinajstić information content (AvgIpc) is 2.77. The lowest BCUT2D eigenvalue weighted by molar-refractivity contribution is -0.148. The minimum atomic E-state index is -0.672. The van der Waals surface area contributed by atoms with Gasteiger partial charge >= 0.3 is 5.97 Å². The molecule has 0 aromatic carbocycles. The number of rotatable bonds is 6. The summed E-state index contributed by atoms with van der Waals surface area (Å²) in [5.74, 6) is -0.238. The van der Waals surface area contributed by atoms with Crippen LogP contribution in [0.15, 0.2) is 18.5 Å². The Morgan fingerprint density at radius 3 is 2.76 bits per heavy atom. The van der Waals surface area contributed by atoms with Crippen molar-refractivity contribution < 1.29 is 9.53 Å². The number of esters is 1. The van der Waals surface area contributed by atoms with E-state index >= 15 is 0 Å².